The van der Waals surface area contributed by atoms with Crippen molar-refractivity contribution in [3.05, 3.63) is 69.3 Å². The largest absolute Gasteiger partial charge is 0.456 e. The first kappa shape index (κ1) is 17.0. The number of carbonyl (C=O) groups is 1. The number of carbonyl (C=O) groups excluding carboxylic acids is 1. The lowest BCUT2D eigenvalue weighted by molar-refractivity contribution is 0.0992. The average Bonchev–Trinajstić information content (AvgIpc) is 3.13. The van der Waals surface area contributed by atoms with Crippen molar-refractivity contribution in [3.63, 3.8) is 0 Å². The summed E-state index contributed by atoms with van der Waals surface area (Å²) >= 11 is 0. The fraction of sp³-hybridized carbons (Fsp3) is 0.300. The van der Waals surface area contributed by atoms with Crippen molar-refractivity contribution in [2.45, 2.75) is 41.0 Å². The molecule has 25 heavy (non-hydrogen) atoms. The molecule has 5 heteroatoms. The molecular formula is C20H22N2O3. The number of furan rings is 1. The Kier molecular flexibility index (Phi) is 4.49. The van der Waals surface area contributed by atoms with Gasteiger partial charge in [0, 0.05) is 12.0 Å². The first-order valence-electron chi connectivity index (χ1n) is 8.25. The molecule has 0 aliphatic carbocycles. The number of nitrogens with zero attached hydrogens (tertiary/aromatic N) is 1. The molecule has 0 aliphatic rings. The first-order valence-corrected chi connectivity index (χ1v) is 8.25. The number of aryl methyl sites for hydroxylation is 4. The molecule has 0 bridgehead atoms. The third kappa shape index (κ3) is 3.50. The van der Waals surface area contributed by atoms with Crippen LogP contribution in [0, 0.1) is 34.6 Å². The highest BCUT2D eigenvalue weighted by Gasteiger charge is 2.17. The minimum Gasteiger partial charge on any atom is -0.456 e. The Morgan fingerprint density at radius 2 is 1.76 bits per heavy atom. The lowest BCUT2D eigenvalue weighted by atomic mass is 9.97. The van der Waals surface area contributed by atoms with E-state index in [1.165, 1.54) is 22.3 Å². The van der Waals surface area contributed by atoms with Gasteiger partial charge in [-0.2, -0.15) is 0 Å². The number of nitrogens with one attached hydrogen (secondary N) is 1. The van der Waals surface area contributed by atoms with Crippen LogP contribution in [0.5, 0.6) is 0 Å². The molecule has 1 aromatic carbocycles. The number of rotatable bonds is 4. The van der Waals surface area contributed by atoms with E-state index in [2.05, 4.69) is 43.4 Å². The predicted octanol–water partition coefficient (Wildman–Crippen LogP) is 4.65. The Hall–Kier alpha value is -2.82. The summed E-state index contributed by atoms with van der Waals surface area (Å²) in [6.45, 7) is 9.96. The highest BCUT2D eigenvalue weighted by atomic mass is 16.5. The van der Waals surface area contributed by atoms with E-state index in [4.69, 9.17) is 8.94 Å². The van der Waals surface area contributed by atoms with Crippen LogP contribution in [0.3, 0.4) is 0 Å². The summed E-state index contributed by atoms with van der Waals surface area (Å²) in [4.78, 5) is 12.3. The van der Waals surface area contributed by atoms with Gasteiger partial charge in [-0.05, 0) is 63.4 Å². The lowest BCUT2D eigenvalue weighted by Gasteiger charge is -2.09. The molecule has 3 aromatic rings. The normalized spacial score (nSPS) is 10.9. The maximum Gasteiger partial charge on any atom is 0.293 e. The molecule has 5 nitrogen and oxygen atoms in total. The fourth-order valence-corrected chi connectivity index (χ4v) is 2.95. The second-order valence-corrected chi connectivity index (χ2v) is 6.50. The van der Waals surface area contributed by atoms with Crippen LogP contribution in [0.15, 0.2) is 33.2 Å². The predicted molar refractivity (Wildman–Crippen MR) is 96.1 cm³/mol. The highest BCUT2D eigenvalue weighted by Crippen LogP contribution is 2.22. The van der Waals surface area contributed by atoms with Gasteiger partial charge in [0.25, 0.3) is 5.91 Å². The maximum atomic E-state index is 12.3. The van der Waals surface area contributed by atoms with E-state index in [1.807, 2.05) is 19.9 Å². The highest BCUT2D eigenvalue weighted by molar-refractivity contribution is 6.01. The molecule has 0 saturated carbocycles. The molecule has 2 heterocycles. The zero-order chi connectivity index (χ0) is 18.1. The molecule has 0 fully saturated rings. The van der Waals surface area contributed by atoms with Gasteiger partial charge in [-0.1, -0.05) is 22.9 Å². The molecule has 1 amide bonds. The van der Waals surface area contributed by atoms with Gasteiger partial charge in [-0.15, -0.1) is 0 Å². The average molecular weight is 338 g/mol. The second kappa shape index (κ2) is 6.59. The summed E-state index contributed by atoms with van der Waals surface area (Å²) < 4.78 is 10.8. The summed E-state index contributed by atoms with van der Waals surface area (Å²) in [6, 6.07) is 7.84. The Morgan fingerprint density at radius 1 is 1.08 bits per heavy atom. The van der Waals surface area contributed by atoms with E-state index in [1.54, 1.807) is 6.07 Å². The minimum absolute atomic E-state index is 0.255. The van der Waals surface area contributed by atoms with Gasteiger partial charge in [-0.25, -0.2) is 0 Å². The zero-order valence-electron chi connectivity index (χ0n) is 15.2. The van der Waals surface area contributed by atoms with Crippen LogP contribution >= 0.6 is 0 Å². The van der Waals surface area contributed by atoms with Crippen LogP contribution in [-0.4, -0.2) is 11.1 Å². The second-order valence-electron chi connectivity index (χ2n) is 6.50. The number of hydrogen-bond acceptors (Lipinski definition) is 4. The molecular weight excluding hydrogens is 316 g/mol. The monoisotopic (exact) mass is 338 g/mol. The van der Waals surface area contributed by atoms with Crippen molar-refractivity contribution in [2.24, 2.45) is 0 Å². The van der Waals surface area contributed by atoms with Crippen molar-refractivity contribution in [3.8, 4) is 0 Å². The molecule has 0 unspecified atom stereocenters. The van der Waals surface area contributed by atoms with Crippen molar-refractivity contribution in [1.82, 2.24) is 5.16 Å². The standard InChI is InChI=1S/C20H22N2O3/c1-11-8-12(2)17(13(3)9-11)10-16-6-7-18(24-16)19(23)21-20-14(4)15(5)22-25-20/h6-9H,10H2,1-5H3,(H,21,23). The third-order valence-corrected chi connectivity index (χ3v) is 4.46. The Morgan fingerprint density at radius 3 is 2.36 bits per heavy atom. The van der Waals surface area contributed by atoms with Gasteiger partial charge < -0.3 is 8.94 Å². The van der Waals surface area contributed by atoms with Gasteiger partial charge in [0.05, 0.1) is 5.69 Å². The maximum absolute atomic E-state index is 12.3. The van der Waals surface area contributed by atoms with E-state index in [0.29, 0.717) is 12.3 Å². The number of amides is 1. The molecule has 130 valence electrons. The van der Waals surface area contributed by atoms with E-state index in [0.717, 1.165) is 17.0 Å². The Bertz CT molecular complexity index is 911. The minimum atomic E-state index is -0.345. The molecule has 3 rings (SSSR count). The van der Waals surface area contributed by atoms with Gasteiger partial charge in [0.1, 0.15) is 5.76 Å². The van der Waals surface area contributed by atoms with Crippen LogP contribution in [0.25, 0.3) is 0 Å². The van der Waals surface area contributed by atoms with E-state index >= 15 is 0 Å². The molecule has 0 saturated heterocycles. The molecule has 0 spiro atoms. The molecule has 0 radical (unpaired) electrons. The molecule has 0 atom stereocenters. The topological polar surface area (TPSA) is 68.3 Å². The number of aromatic nitrogens is 1. The van der Waals surface area contributed by atoms with Crippen molar-refractivity contribution in [2.75, 3.05) is 5.32 Å². The van der Waals surface area contributed by atoms with Gasteiger partial charge >= 0.3 is 0 Å². The van der Waals surface area contributed by atoms with Gasteiger partial charge in [0.15, 0.2) is 5.76 Å². The summed E-state index contributed by atoms with van der Waals surface area (Å²) in [5, 5.41) is 6.52. The molecule has 2 aromatic heterocycles. The smallest absolute Gasteiger partial charge is 0.293 e. The van der Waals surface area contributed by atoms with E-state index in [-0.39, 0.29) is 11.7 Å². The summed E-state index contributed by atoms with van der Waals surface area (Å²) in [5.41, 5.74) is 6.50. The summed E-state index contributed by atoms with van der Waals surface area (Å²) in [6.07, 6.45) is 0.658. The molecule has 1 N–H and O–H groups in total. The summed E-state index contributed by atoms with van der Waals surface area (Å²) in [7, 11) is 0. The van der Waals surface area contributed by atoms with Crippen LogP contribution < -0.4 is 5.32 Å². The van der Waals surface area contributed by atoms with Crippen molar-refractivity contribution < 1.29 is 13.7 Å². The lowest BCUT2D eigenvalue weighted by Crippen LogP contribution is -2.11. The summed E-state index contributed by atoms with van der Waals surface area (Å²) in [5.74, 6) is 1.02. The Balaban J connectivity index is 1.76. The third-order valence-electron chi connectivity index (χ3n) is 4.46. The van der Waals surface area contributed by atoms with Crippen LogP contribution in [0.1, 0.15) is 49.8 Å². The number of anilines is 1. The molecule has 0 aliphatic heterocycles. The SMILES string of the molecule is Cc1cc(C)c(Cc2ccc(C(=O)Nc3onc(C)c3C)o2)c(C)c1. The van der Waals surface area contributed by atoms with Crippen LogP contribution in [-0.2, 0) is 6.42 Å². The quantitative estimate of drug-likeness (QED) is 0.751. The zero-order valence-corrected chi connectivity index (χ0v) is 15.2. The van der Waals surface area contributed by atoms with Gasteiger partial charge in [-0.3, -0.25) is 10.1 Å². The van der Waals surface area contributed by atoms with Crippen LogP contribution in [0.2, 0.25) is 0 Å². The Labute approximate surface area is 147 Å². The number of hydrogen-bond donors (Lipinski definition) is 1. The fourth-order valence-electron chi connectivity index (χ4n) is 2.95. The van der Waals surface area contributed by atoms with Gasteiger partial charge in [0.2, 0.25) is 5.88 Å². The first-order chi connectivity index (χ1) is 11.8. The van der Waals surface area contributed by atoms with Crippen LogP contribution in [0.4, 0.5) is 5.88 Å². The number of benzene rings is 1. The van der Waals surface area contributed by atoms with Crippen molar-refractivity contribution >= 4 is 11.8 Å². The van der Waals surface area contributed by atoms with E-state index in [9.17, 15) is 4.79 Å². The van der Waals surface area contributed by atoms with E-state index < -0.39 is 0 Å². The van der Waals surface area contributed by atoms with Crippen molar-refractivity contribution in [1.29, 1.82) is 0 Å².